The highest BCUT2D eigenvalue weighted by atomic mass is 19.4. The van der Waals surface area contributed by atoms with E-state index in [0.29, 0.717) is 5.56 Å². The Morgan fingerprint density at radius 1 is 0.947 bits per heavy atom. The third-order valence-electron chi connectivity index (χ3n) is 2.86. The molecule has 2 nitrogen and oxygen atoms in total. The zero-order valence-corrected chi connectivity index (χ0v) is 9.61. The number of nitrogens with zero attached hydrogens (tertiary/aromatic N) is 1. The molecule has 0 aliphatic heterocycles. The monoisotopic (exact) mass is 263 g/mol. The van der Waals surface area contributed by atoms with Gasteiger partial charge in [-0.15, -0.1) is 0 Å². The summed E-state index contributed by atoms with van der Waals surface area (Å²) in [6.07, 6.45) is -4.49. The Morgan fingerprint density at radius 3 is 2.42 bits per heavy atom. The molecular weight excluding hydrogens is 255 g/mol. The van der Waals surface area contributed by atoms with Crippen molar-refractivity contribution < 1.29 is 17.7 Å². The van der Waals surface area contributed by atoms with E-state index in [1.54, 1.807) is 12.1 Å². The lowest BCUT2D eigenvalue weighted by Crippen LogP contribution is -2.04. The highest BCUT2D eigenvalue weighted by molar-refractivity contribution is 5.95. The predicted octanol–water partition coefficient (Wildman–Crippen LogP) is 4.51. The Labute approximate surface area is 106 Å². The van der Waals surface area contributed by atoms with Crippen LogP contribution in [0.4, 0.5) is 13.2 Å². The van der Waals surface area contributed by atoms with Crippen LogP contribution in [-0.4, -0.2) is 5.16 Å². The second-order valence-electron chi connectivity index (χ2n) is 4.10. The van der Waals surface area contributed by atoms with Gasteiger partial charge in [-0.25, -0.2) is 0 Å². The molecule has 0 N–H and O–H groups in total. The van der Waals surface area contributed by atoms with Crippen LogP contribution in [0.1, 0.15) is 5.69 Å². The summed E-state index contributed by atoms with van der Waals surface area (Å²) in [6.45, 7) is 0. The minimum Gasteiger partial charge on any atom is -0.356 e. The van der Waals surface area contributed by atoms with Gasteiger partial charge in [-0.3, -0.25) is 0 Å². The van der Waals surface area contributed by atoms with Gasteiger partial charge in [-0.05, 0) is 10.8 Å². The van der Waals surface area contributed by atoms with Crippen molar-refractivity contribution in [3.05, 3.63) is 54.2 Å². The average molecular weight is 263 g/mol. The molecular formula is C14H8F3NO. The van der Waals surface area contributed by atoms with Crippen molar-refractivity contribution in [1.29, 1.82) is 0 Å². The van der Waals surface area contributed by atoms with Crippen molar-refractivity contribution in [2.24, 2.45) is 0 Å². The summed E-state index contributed by atoms with van der Waals surface area (Å²) in [6, 6.07) is 13.7. The van der Waals surface area contributed by atoms with Gasteiger partial charge in [0.15, 0.2) is 11.5 Å². The fourth-order valence-electron chi connectivity index (χ4n) is 1.98. The van der Waals surface area contributed by atoms with Gasteiger partial charge in [0.1, 0.15) is 0 Å². The number of halogens is 3. The highest BCUT2D eigenvalue weighted by Gasteiger charge is 2.35. The number of rotatable bonds is 1. The summed E-state index contributed by atoms with van der Waals surface area (Å²) in [7, 11) is 0. The lowest BCUT2D eigenvalue weighted by molar-refractivity contribution is -0.142. The summed E-state index contributed by atoms with van der Waals surface area (Å²) in [5.41, 5.74) is -0.420. The maximum Gasteiger partial charge on any atom is 0.436 e. The maximum atomic E-state index is 12.5. The summed E-state index contributed by atoms with van der Waals surface area (Å²) >= 11 is 0. The first-order valence-electron chi connectivity index (χ1n) is 5.58. The van der Waals surface area contributed by atoms with E-state index >= 15 is 0 Å². The highest BCUT2D eigenvalue weighted by Crippen LogP contribution is 2.34. The molecule has 1 heterocycles. The molecule has 0 radical (unpaired) electrons. The van der Waals surface area contributed by atoms with Crippen molar-refractivity contribution in [2.75, 3.05) is 0 Å². The molecule has 0 aliphatic carbocycles. The molecule has 0 saturated carbocycles. The van der Waals surface area contributed by atoms with Crippen LogP contribution in [0.25, 0.3) is 22.1 Å². The fourth-order valence-corrected chi connectivity index (χ4v) is 1.98. The fraction of sp³-hybridized carbons (Fsp3) is 0.0714. The molecule has 1 aromatic heterocycles. The van der Waals surface area contributed by atoms with E-state index in [4.69, 9.17) is 4.52 Å². The van der Waals surface area contributed by atoms with Gasteiger partial charge in [0.2, 0.25) is 0 Å². The molecule has 0 fully saturated rings. The Kier molecular flexibility index (Phi) is 2.55. The van der Waals surface area contributed by atoms with E-state index in [-0.39, 0.29) is 5.76 Å². The van der Waals surface area contributed by atoms with Crippen LogP contribution in [0.2, 0.25) is 0 Å². The average Bonchev–Trinajstić information content (AvgIpc) is 2.87. The smallest absolute Gasteiger partial charge is 0.356 e. The lowest BCUT2D eigenvalue weighted by atomic mass is 10.0. The van der Waals surface area contributed by atoms with E-state index in [1.165, 1.54) is 0 Å². The molecule has 0 amide bonds. The number of fused-ring (bicyclic) bond motifs is 1. The van der Waals surface area contributed by atoms with E-state index in [1.807, 2.05) is 30.3 Å². The Balaban J connectivity index is 2.17. The first-order valence-corrected chi connectivity index (χ1v) is 5.58. The van der Waals surface area contributed by atoms with Gasteiger partial charge in [0, 0.05) is 11.6 Å². The molecule has 96 valence electrons. The van der Waals surface area contributed by atoms with Crippen LogP contribution >= 0.6 is 0 Å². The van der Waals surface area contributed by atoms with Crippen molar-refractivity contribution >= 4 is 10.8 Å². The Hall–Kier alpha value is -2.30. The third kappa shape index (κ3) is 2.07. The van der Waals surface area contributed by atoms with Gasteiger partial charge < -0.3 is 4.52 Å². The summed E-state index contributed by atoms with van der Waals surface area (Å²) in [5.74, 6) is 0.115. The molecule has 19 heavy (non-hydrogen) atoms. The molecule has 2 aromatic carbocycles. The van der Waals surface area contributed by atoms with E-state index in [9.17, 15) is 13.2 Å². The van der Waals surface area contributed by atoms with Crippen LogP contribution < -0.4 is 0 Å². The molecule has 0 saturated heterocycles. The molecule has 0 bridgehead atoms. The number of benzene rings is 2. The first-order chi connectivity index (χ1) is 9.05. The van der Waals surface area contributed by atoms with Crippen LogP contribution in [0.5, 0.6) is 0 Å². The third-order valence-corrected chi connectivity index (χ3v) is 2.86. The second-order valence-corrected chi connectivity index (χ2v) is 4.10. The zero-order valence-electron chi connectivity index (χ0n) is 9.61. The predicted molar refractivity (Wildman–Crippen MR) is 64.4 cm³/mol. The van der Waals surface area contributed by atoms with E-state index in [2.05, 4.69) is 5.16 Å². The quantitative estimate of drug-likeness (QED) is 0.645. The van der Waals surface area contributed by atoms with Crippen molar-refractivity contribution in [1.82, 2.24) is 5.16 Å². The van der Waals surface area contributed by atoms with Gasteiger partial charge in [0.05, 0.1) is 0 Å². The second kappa shape index (κ2) is 4.12. The maximum absolute atomic E-state index is 12.5. The van der Waals surface area contributed by atoms with E-state index < -0.39 is 11.9 Å². The number of aromatic nitrogens is 1. The molecule has 5 heteroatoms. The molecule has 3 rings (SSSR count). The minimum absolute atomic E-state index is 0.115. The molecule has 0 unspecified atom stereocenters. The van der Waals surface area contributed by atoms with Gasteiger partial charge in [-0.1, -0.05) is 47.6 Å². The number of hydrogen-bond acceptors (Lipinski definition) is 2. The largest absolute Gasteiger partial charge is 0.436 e. The molecule has 0 aliphatic rings. The standard InChI is InChI=1S/C14H8F3NO/c15-14(16,17)13-8-12(19-18-13)11-7-3-5-9-4-1-2-6-10(9)11/h1-8H. The summed E-state index contributed by atoms with van der Waals surface area (Å²) < 4.78 is 42.3. The van der Waals surface area contributed by atoms with Crippen LogP contribution in [0, 0.1) is 0 Å². The van der Waals surface area contributed by atoms with Gasteiger partial charge in [-0.2, -0.15) is 13.2 Å². The molecule has 0 spiro atoms. The Bertz CT molecular complexity index is 725. The van der Waals surface area contributed by atoms with Crippen LogP contribution in [0.15, 0.2) is 53.1 Å². The minimum atomic E-state index is -4.49. The van der Waals surface area contributed by atoms with Gasteiger partial charge in [0.25, 0.3) is 0 Å². The SMILES string of the molecule is FC(F)(F)c1cc(-c2cccc3ccccc23)on1. The van der Waals surface area contributed by atoms with Crippen LogP contribution in [-0.2, 0) is 6.18 Å². The Morgan fingerprint density at radius 2 is 1.68 bits per heavy atom. The van der Waals surface area contributed by atoms with Crippen LogP contribution in [0.3, 0.4) is 0 Å². The van der Waals surface area contributed by atoms with Gasteiger partial charge >= 0.3 is 6.18 Å². The summed E-state index contributed by atoms with van der Waals surface area (Å²) in [4.78, 5) is 0. The topological polar surface area (TPSA) is 26.0 Å². The first kappa shape index (κ1) is 11.8. The number of hydrogen-bond donors (Lipinski definition) is 0. The van der Waals surface area contributed by atoms with Crippen molar-refractivity contribution in [3.63, 3.8) is 0 Å². The summed E-state index contributed by atoms with van der Waals surface area (Å²) in [5, 5.41) is 4.83. The molecule has 3 aromatic rings. The normalized spacial score (nSPS) is 11.9. The lowest BCUT2D eigenvalue weighted by Gasteiger charge is -2.02. The van der Waals surface area contributed by atoms with Crippen molar-refractivity contribution in [3.8, 4) is 11.3 Å². The number of alkyl halides is 3. The zero-order chi connectivity index (χ0) is 13.5. The molecule has 0 atom stereocenters. The van der Waals surface area contributed by atoms with Crippen molar-refractivity contribution in [2.45, 2.75) is 6.18 Å². The van der Waals surface area contributed by atoms with E-state index in [0.717, 1.165) is 16.8 Å².